The van der Waals surface area contributed by atoms with Crippen LogP contribution in [0.4, 0.5) is 25.0 Å². The number of hydrogen-bond donors (Lipinski definition) is 1. The minimum Gasteiger partial charge on any atom is -0.372 e. The monoisotopic (exact) mass is 445 g/mol. The Morgan fingerprint density at radius 3 is 2.39 bits per heavy atom. The fraction of sp³-hybridized carbons (Fsp3) is 0.227. The number of amides is 3. The van der Waals surface area contributed by atoms with E-state index in [1.165, 1.54) is 0 Å². The summed E-state index contributed by atoms with van der Waals surface area (Å²) in [4.78, 5) is 40.1. The van der Waals surface area contributed by atoms with E-state index in [-0.39, 0.29) is 10.6 Å². The van der Waals surface area contributed by atoms with Gasteiger partial charge in [-0.25, -0.2) is 8.78 Å². The van der Waals surface area contributed by atoms with E-state index in [1.807, 2.05) is 24.3 Å². The highest BCUT2D eigenvalue weighted by molar-refractivity contribution is 8.18. The van der Waals surface area contributed by atoms with Crippen LogP contribution in [-0.4, -0.2) is 41.6 Å². The summed E-state index contributed by atoms with van der Waals surface area (Å²) in [7, 11) is 0. The fourth-order valence-electron chi connectivity index (χ4n) is 3.08. The van der Waals surface area contributed by atoms with Gasteiger partial charge >= 0.3 is 0 Å². The lowest BCUT2D eigenvalue weighted by atomic mass is 10.1. The van der Waals surface area contributed by atoms with Crippen LogP contribution in [0, 0.1) is 11.6 Å². The summed E-state index contributed by atoms with van der Waals surface area (Å²) in [5.41, 5.74) is 1.57. The summed E-state index contributed by atoms with van der Waals surface area (Å²) < 4.78 is 26.7. The molecule has 162 valence electrons. The Kier molecular flexibility index (Phi) is 7.06. The smallest absolute Gasteiger partial charge is 0.294 e. The summed E-state index contributed by atoms with van der Waals surface area (Å²) in [6, 6.07) is 10.3. The lowest BCUT2D eigenvalue weighted by Gasteiger charge is -2.20. The molecule has 0 saturated carbocycles. The van der Waals surface area contributed by atoms with E-state index in [9.17, 15) is 23.2 Å². The van der Waals surface area contributed by atoms with Crippen LogP contribution in [0.5, 0.6) is 0 Å². The number of rotatable bonds is 7. The highest BCUT2D eigenvalue weighted by atomic mass is 32.2. The molecular formula is C22H21F2N3O3S. The van der Waals surface area contributed by atoms with Gasteiger partial charge in [0.15, 0.2) is 0 Å². The summed E-state index contributed by atoms with van der Waals surface area (Å²) in [6.07, 6.45) is 1.59. The molecule has 0 aliphatic carbocycles. The van der Waals surface area contributed by atoms with Gasteiger partial charge in [0, 0.05) is 24.8 Å². The predicted molar refractivity (Wildman–Crippen MR) is 118 cm³/mol. The molecule has 31 heavy (non-hydrogen) atoms. The summed E-state index contributed by atoms with van der Waals surface area (Å²) >= 11 is 0.734. The zero-order valence-electron chi connectivity index (χ0n) is 17.0. The summed E-state index contributed by atoms with van der Waals surface area (Å²) in [6.45, 7) is 5.30. The second kappa shape index (κ2) is 9.74. The van der Waals surface area contributed by atoms with Crippen LogP contribution in [0.15, 0.2) is 47.4 Å². The lowest BCUT2D eigenvalue weighted by Crippen LogP contribution is -2.36. The zero-order valence-corrected chi connectivity index (χ0v) is 17.8. The zero-order chi connectivity index (χ0) is 22.5. The molecule has 0 radical (unpaired) electrons. The molecular weight excluding hydrogens is 424 g/mol. The number of hydrogen-bond acceptors (Lipinski definition) is 5. The first-order valence-corrected chi connectivity index (χ1v) is 10.5. The Labute approximate surface area is 182 Å². The van der Waals surface area contributed by atoms with Gasteiger partial charge in [-0.3, -0.25) is 19.3 Å². The number of anilines is 2. The second-order valence-electron chi connectivity index (χ2n) is 6.70. The third-order valence-electron chi connectivity index (χ3n) is 4.70. The Balaban J connectivity index is 1.68. The minimum absolute atomic E-state index is 0.196. The van der Waals surface area contributed by atoms with Gasteiger partial charge in [0.2, 0.25) is 5.91 Å². The Bertz CT molecular complexity index is 1040. The van der Waals surface area contributed by atoms with Crippen molar-refractivity contribution >= 4 is 46.3 Å². The molecule has 9 heteroatoms. The average Bonchev–Trinajstić information content (AvgIpc) is 2.99. The quantitative estimate of drug-likeness (QED) is 0.636. The summed E-state index contributed by atoms with van der Waals surface area (Å²) in [5.74, 6) is -3.09. The van der Waals surface area contributed by atoms with Crippen molar-refractivity contribution in [3.63, 3.8) is 0 Å². The molecule has 0 aromatic heterocycles. The van der Waals surface area contributed by atoms with Gasteiger partial charge in [-0.1, -0.05) is 12.1 Å². The van der Waals surface area contributed by atoms with Crippen molar-refractivity contribution in [3.05, 3.63) is 64.6 Å². The fourth-order valence-corrected chi connectivity index (χ4v) is 3.92. The number of carbonyl (C=O) groups excluding carboxylic acids is 3. The minimum atomic E-state index is -0.949. The molecule has 3 amide bonds. The van der Waals surface area contributed by atoms with Crippen molar-refractivity contribution in [1.29, 1.82) is 0 Å². The van der Waals surface area contributed by atoms with Crippen molar-refractivity contribution in [1.82, 2.24) is 4.90 Å². The van der Waals surface area contributed by atoms with Crippen LogP contribution in [0.3, 0.4) is 0 Å². The second-order valence-corrected chi connectivity index (χ2v) is 7.70. The number of benzene rings is 2. The predicted octanol–water partition coefficient (Wildman–Crippen LogP) is 4.49. The molecule has 3 rings (SSSR count). The van der Waals surface area contributed by atoms with E-state index in [2.05, 4.69) is 24.1 Å². The number of nitrogens with zero attached hydrogens (tertiary/aromatic N) is 2. The molecule has 0 unspecified atom stereocenters. The SMILES string of the molecule is CCN(CC)c1ccc(C=C2SC(=O)N(CC(=O)Nc3ccc(F)cc3F)C2=O)cc1. The highest BCUT2D eigenvalue weighted by Gasteiger charge is 2.36. The van der Waals surface area contributed by atoms with E-state index in [0.29, 0.717) is 6.07 Å². The molecule has 2 aromatic rings. The molecule has 1 N–H and O–H groups in total. The van der Waals surface area contributed by atoms with Gasteiger partial charge in [-0.15, -0.1) is 0 Å². The first-order valence-electron chi connectivity index (χ1n) is 9.67. The molecule has 1 aliphatic heterocycles. The molecule has 2 aromatic carbocycles. The van der Waals surface area contributed by atoms with E-state index in [1.54, 1.807) is 6.08 Å². The third-order valence-corrected chi connectivity index (χ3v) is 5.61. The Morgan fingerprint density at radius 1 is 1.10 bits per heavy atom. The topological polar surface area (TPSA) is 69.7 Å². The van der Waals surface area contributed by atoms with Crippen molar-refractivity contribution in [2.45, 2.75) is 13.8 Å². The first-order chi connectivity index (χ1) is 14.8. The maximum atomic E-state index is 13.7. The van der Waals surface area contributed by atoms with Crippen molar-refractivity contribution in [2.24, 2.45) is 0 Å². The van der Waals surface area contributed by atoms with Gasteiger partial charge in [-0.05, 0) is 61.5 Å². The third kappa shape index (κ3) is 5.29. The van der Waals surface area contributed by atoms with Gasteiger partial charge in [0.1, 0.15) is 18.2 Å². The summed E-state index contributed by atoms with van der Waals surface area (Å²) in [5, 5.41) is 1.65. The van der Waals surface area contributed by atoms with Gasteiger partial charge < -0.3 is 10.2 Å². The lowest BCUT2D eigenvalue weighted by molar-refractivity contribution is -0.127. The number of carbonyl (C=O) groups is 3. The van der Waals surface area contributed by atoms with E-state index < -0.39 is 35.2 Å². The van der Waals surface area contributed by atoms with Crippen LogP contribution in [0.25, 0.3) is 6.08 Å². The number of halogens is 2. The number of nitrogens with one attached hydrogen (secondary N) is 1. The molecule has 6 nitrogen and oxygen atoms in total. The number of imide groups is 1. The van der Waals surface area contributed by atoms with Crippen molar-refractivity contribution in [2.75, 3.05) is 29.9 Å². The maximum Gasteiger partial charge on any atom is 0.294 e. The number of thioether (sulfide) groups is 1. The van der Waals surface area contributed by atoms with Crippen LogP contribution in [-0.2, 0) is 9.59 Å². The normalized spacial score (nSPS) is 15.0. The first kappa shape index (κ1) is 22.5. The average molecular weight is 445 g/mol. The highest BCUT2D eigenvalue weighted by Crippen LogP contribution is 2.32. The van der Waals surface area contributed by atoms with E-state index in [4.69, 9.17) is 0 Å². The van der Waals surface area contributed by atoms with E-state index >= 15 is 0 Å². The molecule has 1 fully saturated rings. The standard InChI is InChI=1S/C22H21F2N3O3S/c1-3-26(4-2)16-8-5-14(6-9-16)11-19-21(29)27(22(30)31-19)13-20(28)25-18-10-7-15(23)12-17(18)24/h5-12H,3-4,13H2,1-2H3,(H,25,28). The van der Waals surface area contributed by atoms with Crippen LogP contribution >= 0.6 is 11.8 Å². The molecule has 1 aliphatic rings. The Hall–Kier alpha value is -3.20. The molecule has 0 atom stereocenters. The van der Waals surface area contributed by atoms with Crippen LogP contribution < -0.4 is 10.2 Å². The van der Waals surface area contributed by atoms with Gasteiger partial charge in [-0.2, -0.15) is 0 Å². The molecule has 1 saturated heterocycles. The largest absolute Gasteiger partial charge is 0.372 e. The van der Waals surface area contributed by atoms with Crippen LogP contribution in [0.1, 0.15) is 19.4 Å². The van der Waals surface area contributed by atoms with Crippen molar-refractivity contribution < 1.29 is 23.2 Å². The van der Waals surface area contributed by atoms with Crippen molar-refractivity contribution in [3.8, 4) is 0 Å². The van der Waals surface area contributed by atoms with Crippen LogP contribution in [0.2, 0.25) is 0 Å². The molecule has 0 bridgehead atoms. The maximum absolute atomic E-state index is 13.7. The van der Waals surface area contributed by atoms with E-state index in [0.717, 1.165) is 53.1 Å². The van der Waals surface area contributed by atoms with Gasteiger partial charge in [0.05, 0.1) is 10.6 Å². The molecule has 1 heterocycles. The van der Waals surface area contributed by atoms with Gasteiger partial charge in [0.25, 0.3) is 11.1 Å². The Morgan fingerprint density at radius 2 is 1.77 bits per heavy atom. The molecule has 0 spiro atoms.